The van der Waals surface area contributed by atoms with Crippen LogP contribution in [0.5, 0.6) is 5.75 Å². The van der Waals surface area contributed by atoms with Gasteiger partial charge in [-0.05, 0) is 77.7 Å². The molecule has 0 radical (unpaired) electrons. The lowest BCUT2D eigenvalue weighted by molar-refractivity contribution is 0.111. The summed E-state index contributed by atoms with van der Waals surface area (Å²) >= 11 is 0. The Morgan fingerprint density at radius 2 is 1.67 bits per heavy atom. The summed E-state index contributed by atoms with van der Waals surface area (Å²) < 4.78 is 6.10. The Morgan fingerprint density at radius 1 is 0.963 bits per heavy atom. The molecule has 3 nitrogen and oxygen atoms in total. The van der Waals surface area contributed by atoms with E-state index in [1.807, 2.05) is 30.3 Å². The van der Waals surface area contributed by atoms with Gasteiger partial charge in [-0.3, -0.25) is 4.79 Å². The molecule has 0 saturated heterocycles. The summed E-state index contributed by atoms with van der Waals surface area (Å²) in [4.78, 5) is 13.9. The zero-order chi connectivity index (χ0) is 19.9. The number of hydrogen-bond donors (Lipinski definition) is 0. The van der Waals surface area contributed by atoms with Crippen molar-refractivity contribution in [1.82, 2.24) is 4.90 Å². The fourth-order valence-electron chi connectivity index (χ4n) is 3.03. The first kappa shape index (κ1) is 21.2. The lowest BCUT2D eigenvalue weighted by atomic mass is 9.98. The summed E-state index contributed by atoms with van der Waals surface area (Å²) in [6, 6.07) is 14.0. The van der Waals surface area contributed by atoms with E-state index in [1.54, 1.807) is 0 Å². The van der Waals surface area contributed by atoms with Crippen molar-refractivity contribution in [2.75, 3.05) is 20.2 Å². The number of carbonyl (C=O) groups excluding carboxylic acids is 1. The van der Waals surface area contributed by atoms with Gasteiger partial charge in [0.1, 0.15) is 5.75 Å². The molecule has 0 aliphatic rings. The quantitative estimate of drug-likeness (QED) is 0.417. The van der Waals surface area contributed by atoms with Crippen molar-refractivity contribution in [3.8, 4) is 16.9 Å². The van der Waals surface area contributed by atoms with Crippen molar-refractivity contribution in [3.05, 3.63) is 53.6 Å². The minimum atomic E-state index is 0.210. The van der Waals surface area contributed by atoms with Gasteiger partial charge in [-0.1, -0.05) is 36.4 Å². The van der Waals surface area contributed by atoms with E-state index in [0.717, 1.165) is 43.2 Å². The maximum Gasteiger partial charge on any atom is 0.153 e. The van der Waals surface area contributed by atoms with E-state index in [9.17, 15) is 4.79 Å². The van der Waals surface area contributed by atoms with Crippen LogP contribution in [0.15, 0.2) is 42.5 Å². The van der Waals surface area contributed by atoms with Crippen LogP contribution in [0.2, 0.25) is 0 Å². The van der Waals surface area contributed by atoms with Crippen LogP contribution in [0.25, 0.3) is 11.1 Å². The van der Waals surface area contributed by atoms with Crippen molar-refractivity contribution in [1.29, 1.82) is 0 Å². The second kappa shape index (κ2) is 9.70. The predicted molar refractivity (Wildman–Crippen MR) is 114 cm³/mol. The SMILES string of the molecule is Cc1ccccc1-c1cccc(C=O)c1OCCCCCN(C)C(C)(C)C. The van der Waals surface area contributed by atoms with Gasteiger partial charge in [-0.2, -0.15) is 0 Å². The molecule has 0 unspecified atom stereocenters. The van der Waals surface area contributed by atoms with Crippen molar-refractivity contribution in [2.24, 2.45) is 0 Å². The lowest BCUT2D eigenvalue weighted by Gasteiger charge is -2.31. The number of aldehydes is 1. The number of para-hydroxylation sites is 1. The van der Waals surface area contributed by atoms with Crippen LogP contribution < -0.4 is 4.74 Å². The van der Waals surface area contributed by atoms with Crippen molar-refractivity contribution in [2.45, 2.75) is 52.5 Å². The number of benzene rings is 2. The van der Waals surface area contributed by atoms with Gasteiger partial charge in [0.25, 0.3) is 0 Å². The smallest absolute Gasteiger partial charge is 0.153 e. The molecule has 0 fully saturated rings. The molecule has 146 valence electrons. The molecule has 0 aromatic heterocycles. The first-order valence-corrected chi connectivity index (χ1v) is 9.83. The first-order chi connectivity index (χ1) is 12.8. The molecule has 27 heavy (non-hydrogen) atoms. The van der Waals surface area contributed by atoms with Crippen molar-refractivity contribution >= 4 is 6.29 Å². The Labute approximate surface area is 164 Å². The average molecular weight is 368 g/mol. The standard InChI is InChI=1S/C24H33NO2/c1-19-12-7-8-14-21(19)22-15-11-13-20(18-26)23(22)27-17-10-6-9-16-25(5)24(2,3)4/h7-8,11-15,18H,6,9-10,16-17H2,1-5H3. The van der Waals surface area contributed by atoms with Crippen LogP contribution >= 0.6 is 0 Å². The maximum absolute atomic E-state index is 11.5. The van der Waals surface area contributed by atoms with Crippen LogP contribution in [-0.4, -0.2) is 36.9 Å². The van der Waals surface area contributed by atoms with Crippen molar-refractivity contribution < 1.29 is 9.53 Å². The molecule has 0 heterocycles. The Bertz CT molecular complexity index is 746. The van der Waals surface area contributed by atoms with Gasteiger partial charge in [-0.15, -0.1) is 0 Å². The molecule has 2 rings (SSSR count). The van der Waals surface area contributed by atoms with Gasteiger partial charge in [0.15, 0.2) is 6.29 Å². The van der Waals surface area contributed by atoms with Gasteiger partial charge >= 0.3 is 0 Å². The molecular formula is C24H33NO2. The highest BCUT2D eigenvalue weighted by Gasteiger charge is 2.16. The highest BCUT2D eigenvalue weighted by molar-refractivity contribution is 5.86. The molecule has 0 spiro atoms. The number of aryl methyl sites for hydroxylation is 1. The molecule has 0 N–H and O–H groups in total. The van der Waals surface area contributed by atoms with Crippen LogP contribution in [0.1, 0.15) is 56.0 Å². The van der Waals surface area contributed by atoms with Gasteiger partial charge in [0.2, 0.25) is 0 Å². The molecule has 0 aliphatic carbocycles. The fraction of sp³-hybridized carbons (Fsp3) is 0.458. The average Bonchev–Trinajstić information content (AvgIpc) is 2.64. The fourth-order valence-corrected chi connectivity index (χ4v) is 3.03. The van der Waals surface area contributed by atoms with E-state index in [-0.39, 0.29) is 5.54 Å². The third-order valence-electron chi connectivity index (χ3n) is 5.14. The largest absolute Gasteiger partial charge is 0.492 e. The molecule has 2 aromatic carbocycles. The summed E-state index contributed by atoms with van der Waals surface area (Å²) in [5.41, 5.74) is 4.11. The molecule has 2 aromatic rings. The highest BCUT2D eigenvalue weighted by Crippen LogP contribution is 2.34. The Kier molecular flexibility index (Phi) is 7.61. The summed E-state index contributed by atoms with van der Waals surface area (Å²) in [6.07, 6.45) is 4.13. The predicted octanol–water partition coefficient (Wildman–Crippen LogP) is 5.75. The van der Waals surface area contributed by atoms with Gasteiger partial charge in [-0.25, -0.2) is 0 Å². The van der Waals surface area contributed by atoms with E-state index >= 15 is 0 Å². The van der Waals surface area contributed by atoms with E-state index < -0.39 is 0 Å². The van der Waals surface area contributed by atoms with Crippen LogP contribution in [0.4, 0.5) is 0 Å². The zero-order valence-corrected chi connectivity index (χ0v) is 17.4. The van der Waals surface area contributed by atoms with Crippen LogP contribution in [0, 0.1) is 6.92 Å². The molecule has 0 bridgehead atoms. The number of carbonyl (C=O) groups is 1. The van der Waals surface area contributed by atoms with E-state index in [2.05, 4.69) is 51.8 Å². The second-order valence-corrected chi connectivity index (χ2v) is 8.16. The van der Waals surface area contributed by atoms with Gasteiger partial charge in [0.05, 0.1) is 12.2 Å². The van der Waals surface area contributed by atoms with Crippen molar-refractivity contribution in [3.63, 3.8) is 0 Å². The number of nitrogens with zero attached hydrogens (tertiary/aromatic N) is 1. The zero-order valence-electron chi connectivity index (χ0n) is 17.4. The highest BCUT2D eigenvalue weighted by atomic mass is 16.5. The lowest BCUT2D eigenvalue weighted by Crippen LogP contribution is -2.38. The minimum absolute atomic E-state index is 0.210. The minimum Gasteiger partial charge on any atom is -0.492 e. The Morgan fingerprint density at radius 3 is 2.33 bits per heavy atom. The number of ether oxygens (including phenoxy) is 1. The number of hydrogen-bond acceptors (Lipinski definition) is 3. The normalized spacial score (nSPS) is 11.6. The van der Waals surface area contributed by atoms with Gasteiger partial charge in [0, 0.05) is 11.1 Å². The number of unbranched alkanes of at least 4 members (excludes halogenated alkanes) is 2. The Hall–Kier alpha value is -2.13. The van der Waals surface area contributed by atoms with E-state index in [0.29, 0.717) is 17.9 Å². The first-order valence-electron chi connectivity index (χ1n) is 9.83. The van der Waals surface area contributed by atoms with E-state index in [1.165, 1.54) is 5.56 Å². The van der Waals surface area contributed by atoms with Gasteiger partial charge < -0.3 is 9.64 Å². The monoisotopic (exact) mass is 367 g/mol. The summed E-state index contributed by atoms with van der Waals surface area (Å²) in [7, 11) is 2.17. The Balaban J connectivity index is 1.98. The third-order valence-corrected chi connectivity index (χ3v) is 5.14. The maximum atomic E-state index is 11.5. The summed E-state index contributed by atoms with van der Waals surface area (Å²) in [5, 5.41) is 0. The molecule has 0 amide bonds. The molecular weight excluding hydrogens is 334 g/mol. The topological polar surface area (TPSA) is 29.5 Å². The molecule has 3 heteroatoms. The molecule has 0 aliphatic heterocycles. The van der Waals surface area contributed by atoms with E-state index in [4.69, 9.17) is 4.74 Å². The molecule has 0 atom stereocenters. The second-order valence-electron chi connectivity index (χ2n) is 8.16. The number of rotatable bonds is 9. The summed E-state index contributed by atoms with van der Waals surface area (Å²) in [6.45, 7) is 10.5. The summed E-state index contributed by atoms with van der Waals surface area (Å²) in [5.74, 6) is 0.702. The van der Waals surface area contributed by atoms with Crippen LogP contribution in [0.3, 0.4) is 0 Å². The molecule has 0 saturated carbocycles. The third kappa shape index (κ3) is 5.93. The van der Waals surface area contributed by atoms with Crippen LogP contribution in [-0.2, 0) is 0 Å².